The predicted octanol–water partition coefficient (Wildman–Crippen LogP) is 2.97. The van der Waals surface area contributed by atoms with E-state index in [1.165, 1.54) is 0 Å². The van der Waals surface area contributed by atoms with Crippen LogP contribution in [-0.2, 0) is 0 Å². The summed E-state index contributed by atoms with van der Waals surface area (Å²) in [5.74, 6) is 0.251. The first kappa shape index (κ1) is 9.02. The van der Waals surface area contributed by atoms with Crippen LogP contribution in [-0.4, -0.2) is 5.11 Å². The van der Waals surface area contributed by atoms with E-state index in [4.69, 9.17) is 5.11 Å². The molecule has 0 amide bonds. The monoisotopic (exact) mass is 138 g/mol. The fourth-order valence-corrected chi connectivity index (χ4v) is 0.608. The van der Waals surface area contributed by atoms with Crippen molar-refractivity contribution >= 4 is 0 Å². The zero-order chi connectivity index (χ0) is 8.15. The molecule has 0 aromatic carbocycles. The van der Waals surface area contributed by atoms with Gasteiger partial charge in [0.15, 0.2) is 0 Å². The van der Waals surface area contributed by atoms with Gasteiger partial charge in [-0.05, 0) is 26.8 Å². The van der Waals surface area contributed by atoms with Crippen LogP contribution in [0.1, 0.15) is 20.8 Å². The Morgan fingerprint density at radius 3 is 2.20 bits per heavy atom. The summed E-state index contributed by atoms with van der Waals surface area (Å²) in [4.78, 5) is 0. The molecule has 56 valence electrons. The van der Waals surface area contributed by atoms with Gasteiger partial charge in [-0.2, -0.15) is 0 Å². The fraction of sp³-hybridized carbons (Fsp3) is 0.333. The Kier molecular flexibility index (Phi) is 3.55. The third kappa shape index (κ3) is 3.13. The minimum Gasteiger partial charge on any atom is -0.508 e. The molecule has 10 heavy (non-hydrogen) atoms. The summed E-state index contributed by atoms with van der Waals surface area (Å²) >= 11 is 0. The van der Waals surface area contributed by atoms with Crippen molar-refractivity contribution in [3.05, 3.63) is 35.6 Å². The molecular weight excluding hydrogens is 124 g/mol. The summed E-state index contributed by atoms with van der Waals surface area (Å²) in [6.45, 7) is 9.38. The highest BCUT2D eigenvalue weighted by molar-refractivity contribution is 5.33. The summed E-state index contributed by atoms with van der Waals surface area (Å²) in [5, 5.41) is 9.09. The molecule has 0 saturated heterocycles. The van der Waals surface area contributed by atoms with Gasteiger partial charge in [0, 0.05) is 5.57 Å². The Bertz CT molecular complexity index is 181. The highest BCUT2D eigenvalue weighted by Gasteiger charge is 1.92. The standard InChI is InChI=1S/C9H14O/c1-5-9(10)8(4)6-7(2)3/h5-6,10H,4H2,1-3H3/b9-5+. The minimum absolute atomic E-state index is 0.251. The summed E-state index contributed by atoms with van der Waals surface area (Å²) in [6.07, 6.45) is 3.47. The zero-order valence-corrected chi connectivity index (χ0v) is 6.81. The number of rotatable bonds is 2. The van der Waals surface area contributed by atoms with Gasteiger partial charge in [0.05, 0.1) is 0 Å². The fourth-order valence-electron chi connectivity index (χ4n) is 0.608. The maximum absolute atomic E-state index is 9.09. The van der Waals surface area contributed by atoms with Gasteiger partial charge < -0.3 is 5.11 Å². The Labute approximate surface area is 62.4 Å². The van der Waals surface area contributed by atoms with Crippen molar-refractivity contribution < 1.29 is 5.11 Å². The van der Waals surface area contributed by atoms with Crippen molar-refractivity contribution in [3.8, 4) is 0 Å². The molecule has 0 atom stereocenters. The molecule has 1 N–H and O–H groups in total. The van der Waals surface area contributed by atoms with E-state index in [0.29, 0.717) is 5.57 Å². The minimum atomic E-state index is 0.251. The molecule has 0 bridgehead atoms. The van der Waals surface area contributed by atoms with Crippen molar-refractivity contribution in [2.75, 3.05) is 0 Å². The lowest BCUT2D eigenvalue weighted by molar-refractivity contribution is 0.425. The second-order valence-corrected chi connectivity index (χ2v) is 2.42. The van der Waals surface area contributed by atoms with Crippen molar-refractivity contribution in [2.45, 2.75) is 20.8 Å². The van der Waals surface area contributed by atoms with Gasteiger partial charge in [0.25, 0.3) is 0 Å². The van der Waals surface area contributed by atoms with Crippen molar-refractivity contribution in [1.82, 2.24) is 0 Å². The molecule has 0 aliphatic heterocycles. The molecule has 0 spiro atoms. The smallest absolute Gasteiger partial charge is 0.117 e. The molecule has 0 rings (SSSR count). The first-order chi connectivity index (χ1) is 4.57. The van der Waals surface area contributed by atoms with Crippen molar-refractivity contribution in [3.63, 3.8) is 0 Å². The van der Waals surface area contributed by atoms with E-state index in [2.05, 4.69) is 6.58 Å². The molecule has 1 nitrogen and oxygen atoms in total. The Balaban J connectivity index is 4.26. The summed E-state index contributed by atoms with van der Waals surface area (Å²) < 4.78 is 0. The van der Waals surface area contributed by atoms with Crippen molar-refractivity contribution in [1.29, 1.82) is 0 Å². The van der Waals surface area contributed by atoms with Crippen molar-refractivity contribution in [2.24, 2.45) is 0 Å². The molecule has 0 aromatic rings. The third-order valence-corrected chi connectivity index (χ3v) is 1.07. The van der Waals surface area contributed by atoms with Crippen LogP contribution in [0.2, 0.25) is 0 Å². The van der Waals surface area contributed by atoms with Crippen LogP contribution < -0.4 is 0 Å². The highest BCUT2D eigenvalue weighted by Crippen LogP contribution is 2.07. The molecular formula is C9H14O. The van der Waals surface area contributed by atoms with Crippen LogP contribution in [0, 0.1) is 0 Å². The van der Waals surface area contributed by atoms with E-state index >= 15 is 0 Å². The molecule has 0 radical (unpaired) electrons. The maximum atomic E-state index is 9.09. The number of aliphatic hydroxyl groups excluding tert-OH is 1. The van der Waals surface area contributed by atoms with Gasteiger partial charge in [-0.15, -0.1) is 0 Å². The van der Waals surface area contributed by atoms with Gasteiger partial charge in [-0.1, -0.05) is 18.2 Å². The van der Waals surface area contributed by atoms with Crippen LogP contribution in [0.5, 0.6) is 0 Å². The molecule has 0 heterocycles. The first-order valence-electron chi connectivity index (χ1n) is 3.27. The van der Waals surface area contributed by atoms with E-state index in [1.54, 1.807) is 13.0 Å². The molecule has 0 aliphatic carbocycles. The Morgan fingerprint density at radius 1 is 1.40 bits per heavy atom. The molecule has 0 fully saturated rings. The lowest BCUT2D eigenvalue weighted by atomic mass is 10.2. The lowest BCUT2D eigenvalue weighted by Crippen LogP contribution is -1.82. The second-order valence-electron chi connectivity index (χ2n) is 2.42. The topological polar surface area (TPSA) is 20.2 Å². The normalized spacial score (nSPS) is 10.9. The molecule has 1 heteroatoms. The van der Waals surface area contributed by atoms with Gasteiger partial charge in [-0.3, -0.25) is 0 Å². The van der Waals surface area contributed by atoms with Crippen LogP contribution in [0.3, 0.4) is 0 Å². The van der Waals surface area contributed by atoms with E-state index in [1.807, 2.05) is 19.9 Å². The van der Waals surface area contributed by atoms with Gasteiger partial charge in [-0.25, -0.2) is 0 Å². The number of allylic oxidation sites excluding steroid dienone is 3. The van der Waals surface area contributed by atoms with E-state index < -0.39 is 0 Å². The van der Waals surface area contributed by atoms with Crippen LogP contribution in [0.4, 0.5) is 0 Å². The average Bonchev–Trinajstić information content (AvgIpc) is 1.85. The maximum Gasteiger partial charge on any atom is 0.117 e. The zero-order valence-electron chi connectivity index (χ0n) is 6.81. The predicted molar refractivity (Wildman–Crippen MR) is 45.0 cm³/mol. The third-order valence-electron chi connectivity index (χ3n) is 1.07. The van der Waals surface area contributed by atoms with Gasteiger partial charge in [0.1, 0.15) is 5.76 Å². The Hall–Kier alpha value is -0.980. The summed E-state index contributed by atoms with van der Waals surface area (Å²) in [5.41, 5.74) is 1.81. The molecule has 0 aliphatic rings. The van der Waals surface area contributed by atoms with Crippen LogP contribution >= 0.6 is 0 Å². The van der Waals surface area contributed by atoms with E-state index in [9.17, 15) is 0 Å². The quantitative estimate of drug-likeness (QED) is 0.459. The Morgan fingerprint density at radius 2 is 1.90 bits per heavy atom. The van der Waals surface area contributed by atoms with Crippen LogP contribution in [0.25, 0.3) is 0 Å². The summed E-state index contributed by atoms with van der Waals surface area (Å²) in [6, 6.07) is 0. The van der Waals surface area contributed by atoms with E-state index in [0.717, 1.165) is 5.57 Å². The lowest BCUT2D eigenvalue weighted by Gasteiger charge is -1.97. The van der Waals surface area contributed by atoms with Crippen LogP contribution in [0.15, 0.2) is 35.6 Å². The molecule has 0 saturated carbocycles. The number of hydrogen-bond acceptors (Lipinski definition) is 1. The number of hydrogen-bond donors (Lipinski definition) is 1. The molecule has 0 aromatic heterocycles. The second kappa shape index (κ2) is 3.94. The average molecular weight is 138 g/mol. The number of aliphatic hydroxyl groups is 1. The highest BCUT2D eigenvalue weighted by atomic mass is 16.3. The largest absolute Gasteiger partial charge is 0.508 e. The summed E-state index contributed by atoms with van der Waals surface area (Å²) in [7, 11) is 0. The first-order valence-corrected chi connectivity index (χ1v) is 3.27. The van der Waals surface area contributed by atoms with Gasteiger partial charge >= 0.3 is 0 Å². The molecule has 0 unspecified atom stereocenters. The van der Waals surface area contributed by atoms with E-state index in [-0.39, 0.29) is 5.76 Å². The SMILES string of the molecule is C=C(C=C(C)C)/C(O)=C\C. The van der Waals surface area contributed by atoms with Gasteiger partial charge in [0.2, 0.25) is 0 Å².